The fraction of sp³-hybridized carbons (Fsp3) is 0.143. The molecule has 0 saturated carbocycles. The van der Waals surface area contributed by atoms with Crippen molar-refractivity contribution < 1.29 is 13.2 Å². The van der Waals surface area contributed by atoms with Gasteiger partial charge in [0.25, 0.3) is 0 Å². The molecule has 2 aromatic rings. The Bertz CT molecular complexity index is 628. The normalized spacial score (nSPS) is 12.5. The highest BCUT2D eigenvalue weighted by Gasteiger charge is 2.19. The first-order valence-corrected chi connectivity index (χ1v) is 6.36. The molecule has 0 aliphatic heterocycles. The maximum atomic E-state index is 13.5. The lowest BCUT2D eigenvalue weighted by Gasteiger charge is -2.17. The Balaban J connectivity index is 2.53. The highest BCUT2D eigenvalue weighted by Crippen LogP contribution is 2.31. The van der Waals surface area contributed by atoms with Crippen molar-refractivity contribution in [3.63, 3.8) is 0 Å². The molecule has 0 bridgehead atoms. The van der Waals surface area contributed by atoms with E-state index in [1.165, 1.54) is 18.2 Å². The predicted molar refractivity (Wildman–Crippen MR) is 71.2 cm³/mol. The molecule has 1 unspecified atom stereocenters. The van der Waals surface area contributed by atoms with Gasteiger partial charge in [0.05, 0.1) is 10.5 Å². The molecule has 100 valence electrons. The molecule has 0 aromatic heterocycles. The van der Waals surface area contributed by atoms with Crippen molar-refractivity contribution in [3.8, 4) is 0 Å². The molecule has 2 aromatic carbocycles. The Morgan fingerprint density at radius 2 is 1.74 bits per heavy atom. The van der Waals surface area contributed by atoms with Crippen LogP contribution >= 0.6 is 15.9 Å². The third kappa shape index (κ3) is 2.67. The Hall–Kier alpha value is -1.33. The minimum Gasteiger partial charge on any atom is -0.320 e. The lowest BCUT2D eigenvalue weighted by Crippen LogP contribution is -2.15. The first kappa shape index (κ1) is 14.1. The number of nitrogens with two attached hydrogens (primary N) is 1. The van der Waals surface area contributed by atoms with Crippen molar-refractivity contribution in [2.24, 2.45) is 5.73 Å². The molecule has 0 radical (unpaired) electrons. The zero-order valence-corrected chi connectivity index (χ0v) is 11.6. The molecule has 0 heterocycles. The van der Waals surface area contributed by atoms with Crippen LogP contribution in [-0.2, 0) is 0 Å². The second-order valence-corrected chi connectivity index (χ2v) is 5.04. The molecular formula is C14H11BrF3N. The molecule has 1 atom stereocenters. The summed E-state index contributed by atoms with van der Waals surface area (Å²) in [7, 11) is 0. The maximum Gasteiger partial charge on any atom is 0.173 e. The van der Waals surface area contributed by atoms with Crippen LogP contribution < -0.4 is 5.73 Å². The van der Waals surface area contributed by atoms with E-state index in [1.807, 2.05) is 0 Å². The molecule has 0 amide bonds. The minimum absolute atomic E-state index is 0.0383. The molecule has 5 heteroatoms. The summed E-state index contributed by atoms with van der Waals surface area (Å²) in [6, 6.07) is 5.87. The van der Waals surface area contributed by atoms with E-state index in [1.54, 1.807) is 13.0 Å². The van der Waals surface area contributed by atoms with Gasteiger partial charge in [0.1, 0.15) is 5.82 Å². The summed E-state index contributed by atoms with van der Waals surface area (Å²) in [6.07, 6.45) is 0. The zero-order valence-electron chi connectivity index (χ0n) is 10.1. The summed E-state index contributed by atoms with van der Waals surface area (Å²) in [5.74, 6) is -2.38. The third-order valence-corrected chi connectivity index (χ3v) is 3.78. The van der Waals surface area contributed by atoms with E-state index in [0.717, 1.165) is 11.6 Å². The minimum atomic E-state index is -0.998. The number of aryl methyl sites for hydroxylation is 1. The second-order valence-electron chi connectivity index (χ2n) is 4.24. The van der Waals surface area contributed by atoms with Crippen LogP contribution in [0.5, 0.6) is 0 Å². The standard InChI is InChI=1S/C14H11BrF3N/c1-7-2-3-8(16)6-10(7)14(19)9-4-5-11(17)13(18)12(9)15/h2-6,14H,19H2,1H3. The second kappa shape index (κ2) is 5.35. The van der Waals surface area contributed by atoms with Crippen LogP contribution in [0.1, 0.15) is 22.7 Å². The number of halogens is 4. The molecule has 0 saturated heterocycles. The van der Waals surface area contributed by atoms with Gasteiger partial charge in [-0.15, -0.1) is 0 Å². The van der Waals surface area contributed by atoms with Gasteiger partial charge in [-0.3, -0.25) is 0 Å². The molecule has 2 rings (SSSR count). The molecule has 0 fully saturated rings. The van der Waals surface area contributed by atoms with E-state index >= 15 is 0 Å². The van der Waals surface area contributed by atoms with Gasteiger partial charge in [-0.1, -0.05) is 12.1 Å². The topological polar surface area (TPSA) is 26.0 Å². The number of hydrogen-bond acceptors (Lipinski definition) is 1. The van der Waals surface area contributed by atoms with Crippen molar-refractivity contribution in [2.45, 2.75) is 13.0 Å². The van der Waals surface area contributed by atoms with E-state index in [0.29, 0.717) is 11.1 Å². The van der Waals surface area contributed by atoms with Crippen LogP contribution in [-0.4, -0.2) is 0 Å². The number of hydrogen-bond donors (Lipinski definition) is 1. The SMILES string of the molecule is Cc1ccc(F)cc1C(N)c1ccc(F)c(F)c1Br. The van der Waals surface area contributed by atoms with E-state index in [-0.39, 0.29) is 4.47 Å². The fourth-order valence-corrected chi connectivity index (χ4v) is 2.46. The summed E-state index contributed by atoms with van der Waals surface area (Å²) >= 11 is 2.98. The fourth-order valence-electron chi connectivity index (χ4n) is 1.89. The Morgan fingerprint density at radius 1 is 1.05 bits per heavy atom. The lowest BCUT2D eigenvalue weighted by atomic mass is 9.95. The van der Waals surface area contributed by atoms with E-state index in [4.69, 9.17) is 5.73 Å². The predicted octanol–water partition coefficient (Wildman–Crippen LogP) is 4.22. The number of rotatable bonds is 2. The van der Waals surface area contributed by atoms with Crippen LogP contribution in [0.25, 0.3) is 0 Å². The van der Waals surface area contributed by atoms with Gasteiger partial charge in [-0.05, 0) is 57.7 Å². The van der Waals surface area contributed by atoms with Gasteiger partial charge >= 0.3 is 0 Å². The maximum absolute atomic E-state index is 13.5. The van der Waals surface area contributed by atoms with Crippen molar-refractivity contribution >= 4 is 15.9 Å². The Labute approximate surface area is 117 Å². The van der Waals surface area contributed by atoms with Gasteiger partial charge in [0, 0.05) is 0 Å². The summed E-state index contributed by atoms with van der Waals surface area (Å²) < 4.78 is 39.8. The van der Waals surface area contributed by atoms with Crippen molar-refractivity contribution in [1.82, 2.24) is 0 Å². The highest BCUT2D eigenvalue weighted by atomic mass is 79.9. The lowest BCUT2D eigenvalue weighted by molar-refractivity contribution is 0.501. The largest absolute Gasteiger partial charge is 0.320 e. The summed E-state index contributed by atoms with van der Waals surface area (Å²) in [5.41, 5.74) is 7.71. The smallest absolute Gasteiger partial charge is 0.173 e. The van der Waals surface area contributed by atoms with Gasteiger partial charge in [-0.25, -0.2) is 13.2 Å². The Morgan fingerprint density at radius 3 is 2.42 bits per heavy atom. The third-order valence-electron chi connectivity index (χ3n) is 2.98. The molecule has 0 aliphatic rings. The average Bonchev–Trinajstić information content (AvgIpc) is 2.38. The quantitative estimate of drug-likeness (QED) is 0.820. The monoisotopic (exact) mass is 329 g/mol. The summed E-state index contributed by atoms with van der Waals surface area (Å²) in [4.78, 5) is 0. The van der Waals surface area contributed by atoms with Crippen LogP contribution in [0.15, 0.2) is 34.8 Å². The molecule has 19 heavy (non-hydrogen) atoms. The van der Waals surface area contributed by atoms with Crippen molar-refractivity contribution in [1.29, 1.82) is 0 Å². The van der Waals surface area contributed by atoms with Crippen LogP contribution in [0.2, 0.25) is 0 Å². The van der Waals surface area contributed by atoms with Gasteiger partial charge < -0.3 is 5.73 Å². The molecular weight excluding hydrogens is 319 g/mol. The molecule has 0 spiro atoms. The zero-order chi connectivity index (χ0) is 14.2. The van der Waals surface area contributed by atoms with Gasteiger partial charge in [0.2, 0.25) is 0 Å². The molecule has 1 nitrogen and oxygen atoms in total. The molecule has 2 N–H and O–H groups in total. The number of benzene rings is 2. The van der Waals surface area contributed by atoms with E-state index < -0.39 is 23.5 Å². The first-order chi connectivity index (χ1) is 8.91. The van der Waals surface area contributed by atoms with Crippen LogP contribution in [0, 0.1) is 24.4 Å². The first-order valence-electron chi connectivity index (χ1n) is 5.57. The van der Waals surface area contributed by atoms with Gasteiger partial charge in [-0.2, -0.15) is 0 Å². The highest BCUT2D eigenvalue weighted by molar-refractivity contribution is 9.10. The van der Waals surface area contributed by atoms with E-state index in [2.05, 4.69) is 15.9 Å². The van der Waals surface area contributed by atoms with Crippen LogP contribution in [0.4, 0.5) is 13.2 Å². The van der Waals surface area contributed by atoms with Gasteiger partial charge in [0.15, 0.2) is 11.6 Å². The van der Waals surface area contributed by atoms with Crippen molar-refractivity contribution in [2.75, 3.05) is 0 Å². The van der Waals surface area contributed by atoms with Crippen LogP contribution in [0.3, 0.4) is 0 Å². The Kier molecular flexibility index (Phi) is 3.96. The summed E-state index contributed by atoms with van der Waals surface area (Å²) in [5, 5.41) is 0. The molecule has 0 aliphatic carbocycles. The van der Waals surface area contributed by atoms with E-state index in [9.17, 15) is 13.2 Å². The summed E-state index contributed by atoms with van der Waals surface area (Å²) in [6.45, 7) is 1.78. The average molecular weight is 330 g/mol. The van der Waals surface area contributed by atoms with Crippen molar-refractivity contribution in [3.05, 3.63) is 68.9 Å².